The Balaban J connectivity index is 3.17. The van der Waals surface area contributed by atoms with Gasteiger partial charge in [-0.15, -0.1) is 0 Å². The molecule has 0 aromatic heterocycles. The third kappa shape index (κ3) is 7.06. The molecule has 0 saturated carbocycles. The average Bonchev–Trinajstić information content (AvgIpc) is 1.99. The lowest BCUT2D eigenvalue weighted by atomic mass is 10.5. The van der Waals surface area contributed by atoms with Gasteiger partial charge in [0, 0.05) is 13.1 Å². The number of nitrogens with one attached hydrogen (secondary N) is 2. The highest BCUT2D eigenvalue weighted by Crippen LogP contribution is 1.70. The Morgan fingerprint density at radius 3 is 2.73 bits per heavy atom. The fraction of sp³-hybridized carbons (Fsp3) is 0.625. The van der Waals surface area contributed by atoms with Gasteiger partial charge in [0.05, 0.1) is 0 Å². The predicted molar refractivity (Wildman–Crippen MR) is 46.4 cm³/mol. The van der Waals surface area contributed by atoms with Gasteiger partial charge in [0.15, 0.2) is 0 Å². The summed E-state index contributed by atoms with van der Waals surface area (Å²) >= 11 is 0. The Morgan fingerprint density at radius 2 is 2.18 bits per heavy atom. The van der Waals surface area contributed by atoms with Crippen LogP contribution in [0.3, 0.4) is 0 Å². The minimum Gasteiger partial charge on any atom is -0.351 e. The summed E-state index contributed by atoms with van der Waals surface area (Å²) < 4.78 is 0. The smallest absolute Gasteiger partial charge is 0.243 e. The van der Waals surface area contributed by atoms with Gasteiger partial charge in [0.2, 0.25) is 5.91 Å². The molecule has 0 spiro atoms. The fourth-order valence-electron chi connectivity index (χ4n) is 0.661. The molecule has 0 unspecified atom stereocenters. The molecule has 3 heteroatoms. The van der Waals surface area contributed by atoms with E-state index in [0.717, 1.165) is 13.1 Å². The van der Waals surface area contributed by atoms with Crippen LogP contribution in [-0.4, -0.2) is 25.5 Å². The Labute approximate surface area is 67.9 Å². The summed E-state index contributed by atoms with van der Waals surface area (Å²) in [4.78, 5) is 10.8. The summed E-state index contributed by atoms with van der Waals surface area (Å²) in [5.41, 5.74) is 0. The molecule has 0 radical (unpaired) electrons. The minimum atomic E-state index is -0.0228. The normalized spacial score (nSPS) is 10.4. The van der Waals surface area contributed by atoms with Crippen molar-refractivity contribution in [1.82, 2.24) is 10.6 Å². The third-order valence-corrected chi connectivity index (χ3v) is 1.17. The summed E-state index contributed by atoms with van der Waals surface area (Å²) in [5, 5.41) is 5.84. The molecule has 0 atom stereocenters. The highest BCUT2D eigenvalue weighted by atomic mass is 16.1. The van der Waals surface area contributed by atoms with Gasteiger partial charge in [-0.3, -0.25) is 4.79 Å². The molecule has 0 rings (SSSR count). The van der Waals surface area contributed by atoms with Gasteiger partial charge in [0.1, 0.15) is 0 Å². The van der Waals surface area contributed by atoms with E-state index in [1.807, 2.05) is 13.8 Å². The zero-order valence-corrected chi connectivity index (χ0v) is 7.18. The largest absolute Gasteiger partial charge is 0.351 e. The SMILES string of the molecule is C/C=C/C(=O)NCCNCC. The van der Waals surface area contributed by atoms with E-state index in [9.17, 15) is 4.79 Å². The lowest BCUT2D eigenvalue weighted by molar-refractivity contribution is -0.116. The molecule has 3 nitrogen and oxygen atoms in total. The van der Waals surface area contributed by atoms with E-state index >= 15 is 0 Å². The maximum atomic E-state index is 10.8. The van der Waals surface area contributed by atoms with Crippen LogP contribution in [0.25, 0.3) is 0 Å². The van der Waals surface area contributed by atoms with Crippen LogP contribution in [0.4, 0.5) is 0 Å². The van der Waals surface area contributed by atoms with Crippen LogP contribution in [0, 0.1) is 0 Å². The lowest BCUT2D eigenvalue weighted by Gasteiger charge is -2.01. The van der Waals surface area contributed by atoms with Gasteiger partial charge in [-0.05, 0) is 19.5 Å². The maximum absolute atomic E-state index is 10.8. The molecule has 11 heavy (non-hydrogen) atoms. The first kappa shape index (κ1) is 10.2. The van der Waals surface area contributed by atoms with Crippen molar-refractivity contribution < 1.29 is 4.79 Å². The topological polar surface area (TPSA) is 41.1 Å². The number of amides is 1. The summed E-state index contributed by atoms with van der Waals surface area (Å²) in [6.07, 6.45) is 3.24. The first-order chi connectivity index (χ1) is 5.31. The molecule has 0 saturated heterocycles. The predicted octanol–water partition coefficient (Wildman–Crippen LogP) is 0.288. The van der Waals surface area contributed by atoms with E-state index < -0.39 is 0 Å². The number of allylic oxidation sites excluding steroid dienone is 1. The van der Waals surface area contributed by atoms with Crippen LogP contribution in [0.1, 0.15) is 13.8 Å². The quantitative estimate of drug-likeness (QED) is 0.443. The molecule has 2 N–H and O–H groups in total. The fourth-order valence-corrected chi connectivity index (χ4v) is 0.661. The highest BCUT2D eigenvalue weighted by molar-refractivity contribution is 5.87. The zero-order valence-electron chi connectivity index (χ0n) is 7.18. The molecule has 64 valence electrons. The molecule has 0 aliphatic heterocycles. The van der Waals surface area contributed by atoms with Crippen molar-refractivity contribution in [3.63, 3.8) is 0 Å². The summed E-state index contributed by atoms with van der Waals surface area (Å²) in [6.45, 7) is 6.33. The van der Waals surface area contributed by atoms with Crippen LogP contribution in [0.2, 0.25) is 0 Å². The van der Waals surface area contributed by atoms with Crippen LogP contribution >= 0.6 is 0 Å². The monoisotopic (exact) mass is 156 g/mol. The van der Waals surface area contributed by atoms with Crippen molar-refractivity contribution in [2.24, 2.45) is 0 Å². The number of hydrogen-bond acceptors (Lipinski definition) is 2. The average molecular weight is 156 g/mol. The second kappa shape index (κ2) is 7.28. The van der Waals surface area contributed by atoms with Crippen molar-refractivity contribution >= 4 is 5.91 Å². The molecular weight excluding hydrogens is 140 g/mol. The van der Waals surface area contributed by atoms with E-state index in [4.69, 9.17) is 0 Å². The van der Waals surface area contributed by atoms with Crippen molar-refractivity contribution in [3.05, 3.63) is 12.2 Å². The molecule has 0 aliphatic rings. The first-order valence-corrected chi connectivity index (χ1v) is 3.92. The number of carbonyl (C=O) groups is 1. The summed E-state index contributed by atoms with van der Waals surface area (Å²) in [7, 11) is 0. The summed E-state index contributed by atoms with van der Waals surface area (Å²) in [6, 6.07) is 0. The van der Waals surface area contributed by atoms with Gasteiger partial charge < -0.3 is 10.6 Å². The molecule has 0 heterocycles. The lowest BCUT2D eigenvalue weighted by Crippen LogP contribution is -2.30. The van der Waals surface area contributed by atoms with Crippen LogP contribution in [0.5, 0.6) is 0 Å². The van der Waals surface area contributed by atoms with Gasteiger partial charge in [-0.25, -0.2) is 0 Å². The van der Waals surface area contributed by atoms with Gasteiger partial charge >= 0.3 is 0 Å². The Kier molecular flexibility index (Phi) is 6.73. The zero-order chi connectivity index (χ0) is 8.53. The maximum Gasteiger partial charge on any atom is 0.243 e. The second-order valence-electron chi connectivity index (χ2n) is 2.14. The molecular formula is C8H16N2O. The molecule has 0 aromatic carbocycles. The van der Waals surface area contributed by atoms with E-state index in [-0.39, 0.29) is 5.91 Å². The Morgan fingerprint density at radius 1 is 1.45 bits per heavy atom. The molecule has 0 aliphatic carbocycles. The number of carbonyl (C=O) groups excluding carboxylic acids is 1. The molecule has 0 fully saturated rings. The van der Waals surface area contributed by atoms with Gasteiger partial charge in [-0.2, -0.15) is 0 Å². The van der Waals surface area contributed by atoms with Crippen LogP contribution in [-0.2, 0) is 4.79 Å². The van der Waals surface area contributed by atoms with Gasteiger partial charge in [-0.1, -0.05) is 13.0 Å². The van der Waals surface area contributed by atoms with Crippen LogP contribution in [0.15, 0.2) is 12.2 Å². The minimum absolute atomic E-state index is 0.0228. The van der Waals surface area contributed by atoms with Crippen molar-refractivity contribution in [3.8, 4) is 0 Å². The van der Waals surface area contributed by atoms with Crippen molar-refractivity contribution in [1.29, 1.82) is 0 Å². The second-order valence-corrected chi connectivity index (χ2v) is 2.14. The third-order valence-electron chi connectivity index (χ3n) is 1.17. The van der Waals surface area contributed by atoms with E-state index in [2.05, 4.69) is 10.6 Å². The standard InChI is InChI=1S/C8H16N2O/c1-3-5-8(11)10-7-6-9-4-2/h3,5,9H,4,6-7H2,1-2H3,(H,10,11)/b5-3+. The Bertz CT molecular complexity index is 132. The molecule has 0 bridgehead atoms. The van der Waals surface area contributed by atoms with E-state index in [1.165, 1.54) is 6.08 Å². The van der Waals surface area contributed by atoms with E-state index in [0.29, 0.717) is 6.54 Å². The first-order valence-electron chi connectivity index (χ1n) is 3.92. The number of likely N-dealkylation sites (N-methyl/N-ethyl adjacent to an activating group) is 1. The van der Waals surface area contributed by atoms with Crippen LogP contribution < -0.4 is 10.6 Å². The van der Waals surface area contributed by atoms with Crippen molar-refractivity contribution in [2.75, 3.05) is 19.6 Å². The molecule has 0 aromatic rings. The van der Waals surface area contributed by atoms with Crippen molar-refractivity contribution in [2.45, 2.75) is 13.8 Å². The Hall–Kier alpha value is -0.830. The van der Waals surface area contributed by atoms with E-state index in [1.54, 1.807) is 6.08 Å². The molecule has 1 amide bonds. The van der Waals surface area contributed by atoms with Gasteiger partial charge in [0.25, 0.3) is 0 Å². The summed E-state index contributed by atoms with van der Waals surface area (Å²) in [5.74, 6) is -0.0228. The number of hydrogen-bond donors (Lipinski definition) is 2. The number of rotatable bonds is 5. The highest BCUT2D eigenvalue weighted by Gasteiger charge is 1.90.